The number of nitrogens with zero attached hydrogens (tertiary/aromatic N) is 2. The third kappa shape index (κ3) is 2.82. The molecule has 2 aromatic rings. The van der Waals surface area contributed by atoms with Crippen molar-refractivity contribution < 1.29 is 14.2 Å². The molecule has 6 nitrogen and oxygen atoms in total. The maximum atomic E-state index is 5.66. The monoisotopic (exact) mass is 291 g/mol. The second-order valence-electron chi connectivity index (χ2n) is 4.92. The molecular weight excluding hydrogens is 270 g/mol. The molecule has 0 atom stereocenters. The quantitative estimate of drug-likeness (QED) is 0.813. The minimum absolute atomic E-state index is 0.546. The first-order chi connectivity index (χ1) is 10.3. The van der Waals surface area contributed by atoms with Crippen molar-refractivity contribution in [3.63, 3.8) is 0 Å². The van der Waals surface area contributed by atoms with Crippen molar-refractivity contribution >= 4 is 11.0 Å². The average molecular weight is 291 g/mol. The van der Waals surface area contributed by atoms with Crippen LogP contribution in [0, 0.1) is 0 Å². The molecule has 0 saturated carbocycles. The average Bonchev–Trinajstić information content (AvgIpc) is 2.86. The van der Waals surface area contributed by atoms with Gasteiger partial charge in [0.1, 0.15) is 19.0 Å². The fourth-order valence-electron chi connectivity index (χ4n) is 2.57. The normalized spacial score (nSPS) is 13.8. The van der Waals surface area contributed by atoms with Gasteiger partial charge in [-0.15, -0.1) is 0 Å². The van der Waals surface area contributed by atoms with E-state index in [1.54, 1.807) is 0 Å². The molecular formula is C15H21N3O3. The molecule has 0 fully saturated rings. The van der Waals surface area contributed by atoms with E-state index in [0.29, 0.717) is 33.0 Å². The molecule has 0 unspecified atom stereocenters. The van der Waals surface area contributed by atoms with Crippen LogP contribution in [0.15, 0.2) is 12.1 Å². The number of aromatic nitrogens is 2. The summed E-state index contributed by atoms with van der Waals surface area (Å²) in [6.07, 6.45) is 0.873. The summed E-state index contributed by atoms with van der Waals surface area (Å²) in [6.45, 7) is 5.80. The van der Waals surface area contributed by atoms with Gasteiger partial charge in [0, 0.05) is 31.6 Å². The van der Waals surface area contributed by atoms with Gasteiger partial charge in [0.2, 0.25) is 0 Å². The lowest BCUT2D eigenvalue weighted by Crippen LogP contribution is -2.15. The lowest BCUT2D eigenvalue weighted by Gasteiger charge is -2.18. The van der Waals surface area contributed by atoms with E-state index < -0.39 is 0 Å². The van der Waals surface area contributed by atoms with Crippen LogP contribution in [0.25, 0.3) is 11.0 Å². The SMILES string of the molecule is CCc1nc2cc3c(cc2n1CCOCCN)OCCO3. The molecule has 3 rings (SSSR count). The molecule has 2 N–H and O–H groups in total. The Bertz CT molecular complexity index is 624. The number of aryl methyl sites for hydroxylation is 1. The van der Waals surface area contributed by atoms with E-state index in [0.717, 1.165) is 41.3 Å². The van der Waals surface area contributed by atoms with Gasteiger partial charge in [0.05, 0.1) is 24.2 Å². The third-order valence-corrected chi connectivity index (χ3v) is 3.53. The maximum Gasteiger partial charge on any atom is 0.163 e. The van der Waals surface area contributed by atoms with Gasteiger partial charge in [-0.2, -0.15) is 0 Å². The molecule has 0 bridgehead atoms. The van der Waals surface area contributed by atoms with Gasteiger partial charge in [-0.3, -0.25) is 0 Å². The van der Waals surface area contributed by atoms with Crippen molar-refractivity contribution in [2.24, 2.45) is 5.73 Å². The van der Waals surface area contributed by atoms with Crippen LogP contribution >= 0.6 is 0 Å². The molecule has 21 heavy (non-hydrogen) atoms. The number of fused-ring (bicyclic) bond motifs is 2. The van der Waals surface area contributed by atoms with Crippen LogP contribution < -0.4 is 15.2 Å². The van der Waals surface area contributed by atoms with Crippen LogP contribution in [0.4, 0.5) is 0 Å². The molecule has 0 amide bonds. The van der Waals surface area contributed by atoms with Crippen molar-refractivity contribution in [1.82, 2.24) is 9.55 Å². The molecule has 6 heteroatoms. The Hall–Kier alpha value is -1.79. The molecule has 0 radical (unpaired) electrons. The minimum atomic E-state index is 0.546. The standard InChI is InChI=1S/C15H21N3O3/c1-2-15-17-11-9-13-14(21-8-7-20-13)10-12(11)18(15)4-6-19-5-3-16/h9-10H,2-8,16H2,1H3. The van der Waals surface area contributed by atoms with E-state index in [9.17, 15) is 0 Å². The summed E-state index contributed by atoms with van der Waals surface area (Å²) in [4.78, 5) is 4.69. The smallest absolute Gasteiger partial charge is 0.163 e. The Labute approximate surface area is 123 Å². The Morgan fingerprint density at radius 2 is 2.00 bits per heavy atom. The highest BCUT2D eigenvalue weighted by Crippen LogP contribution is 2.34. The van der Waals surface area contributed by atoms with Gasteiger partial charge >= 0.3 is 0 Å². The second kappa shape index (κ2) is 6.32. The van der Waals surface area contributed by atoms with Gasteiger partial charge in [-0.05, 0) is 0 Å². The minimum Gasteiger partial charge on any atom is -0.486 e. The first kappa shape index (κ1) is 14.2. The highest BCUT2D eigenvalue weighted by atomic mass is 16.6. The lowest BCUT2D eigenvalue weighted by molar-refractivity contribution is 0.133. The molecule has 2 heterocycles. The van der Waals surface area contributed by atoms with E-state index in [1.165, 1.54) is 0 Å². The first-order valence-electron chi connectivity index (χ1n) is 7.40. The first-order valence-corrected chi connectivity index (χ1v) is 7.40. The predicted octanol–water partition coefficient (Wildman–Crippen LogP) is 1.35. The molecule has 1 aromatic carbocycles. The number of rotatable bonds is 6. The maximum absolute atomic E-state index is 5.66. The third-order valence-electron chi connectivity index (χ3n) is 3.53. The number of ether oxygens (including phenoxy) is 3. The summed E-state index contributed by atoms with van der Waals surface area (Å²) in [5.74, 6) is 2.62. The van der Waals surface area contributed by atoms with Crippen LogP contribution in [0.1, 0.15) is 12.7 Å². The molecule has 1 aliphatic rings. The molecule has 0 saturated heterocycles. The highest BCUT2D eigenvalue weighted by molar-refractivity contribution is 5.80. The largest absolute Gasteiger partial charge is 0.486 e. The van der Waals surface area contributed by atoms with Crippen LogP contribution in [-0.2, 0) is 17.7 Å². The summed E-state index contributed by atoms with van der Waals surface area (Å²) >= 11 is 0. The van der Waals surface area contributed by atoms with Crippen LogP contribution in [0.3, 0.4) is 0 Å². The summed E-state index contributed by atoms with van der Waals surface area (Å²) in [7, 11) is 0. The van der Waals surface area contributed by atoms with Gasteiger partial charge in [-0.25, -0.2) is 4.98 Å². The summed E-state index contributed by atoms with van der Waals surface area (Å²) in [6, 6.07) is 3.97. The Balaban J connectivity index is 1.92. The summed E-state index contributed by atoms with van der Waals surface area (Å²) in [5.41, 5.74) is 7.44. The van der Waals surface area contributed by atoms with Crippen LogP contribution in [-0.4, -0.2) is 42.5 Å². The zero-order chi connectivity index (χ0) is 14.7. The van der Waals surface area contributed by atoms with Crippen molar-refractivity contribution in [3.05, 3.63) is 18.0 Å². The zero-order valence-electron chi connectivity index (χ0n) is 12.3. The van der Waals surface area contributed by atoms with Crippen LogP contribution in [0.5, 0.6) is 11.5 Å². The van der Waals surface area contributed by atoms with Crippen molar-refractivity contribution in [2.75, 3.05) is 33.0 Å². The van der Waals surface area contributed by atoms with E-state index in [4.69, 9.17) is 19.9 Å². The number of nitrogens with two attached hydrogens (primary N) is 1. The summed E-state index contributed by atoms with van der Waals surface area (Å²) in [5, 5.41) is 0. The number of hydrogen-bond acceptors (Lipinski definition) is 5. The van der Waals surface area contributed by atoms with E-state index >= 15 is 0 Å². The highest BCUT2D eigenvalue weighted by Gasteiger charge is 2.17. The van der Waals surface area contributed by atoms with Gasteiger partial charge in [0.25, 0.3) is 0 Å². The topological polar surface area (TPSA) is 71.5 Å². The van der Waals surface area contributed by atoms with Crippen molar-refractivity contribution in [1.29, 1.82) is 0 Å². The fraction of sp³-hybridized carbons (Fsp3) is 0.533. The fourth-order valence-corrected chi connectivity index (χ4v) is 2.57. The van der Waals surface area contributed by atoms with E-state index in [-0.39, 0.29) is 0 Å². The second-order valence-corrected chi connectivity index (χ2v) is 4.92. The van der Waals surface area contributed by atoms with Gasteiger partial charge < -0.3 is 24.5 Å². The van der Waals surface area contributed by atoms with E-state index in [1.807, 2.05) is 12.1 Å². The molecule has 1 aromatic heterocycles. The Morgan fingerprint density at radius 1 is 1.24 bits per heavy atom. The number of benzene rings is 1. The zero-order valence-corrected chi connectivity index (χ0v) is 12.3. The van der Waals surface area contributed by atoms with Crippen LogP contribution in [0.2, 0.25) is 0 Å². The number of hydrogen-bond donors (Lipinski definition) is 1. The Kier molecular flexibility index (Phi) is 4.26. The molecule has 0 spiro atoms. The molecule has 0 aliphatic carbocycles. The van der Waals surface area contributed by atoms with Crippen molar-refractivity contribution in [2.45, 2.75) is 19.9 Å². The molecule has 1 aliphatic heterocycles. The lowest BCUT2D eigenvalue weighted by atomic mass is 10.2. The van der Waals surface area contributed by atoms with E-state index in [2.05, 4.69) is 16.5 Å². The predicted molar refractivity (Wildman–Crippen MR) is 80.0 cm³/mol. The Morgan fingerprint density at radius 3 is 2.71 bits per heavy atom. The van der Waals surface area contributed by atoms with Gasteiger partial charge in [-0.1, -0.05) is 6.92 Å². The molecule has 114 valence electrons. The van der Waals surface area contributed by atoms with Crippen molar-refractivity contribution in [3.8, 4) is 11.5 Å². The van der Waals surface area contributed by atoms with Gasteiger partial charge in [0.15, 0.2) is 11.5 Å². The summed E-state index contributed by atoms with van der Waals surface area (Å²) < 4.78 is 18.9. The number of imidazole rings is 1.